The monoisotopic (exact) mass is 316 g/mol. The zero-order valence-corrected chi connectivity index (χ0v) is 14.1. The Morgan fingerprint density at radius 2 is 2.04 bits per heavy atom. The Kier molecular flexibility index (Phi) is 5.21. The Morgan fingerprint density at radius 1 is 1.30 bits per heavy atom. The predicted octanol–water partition coefficient (Wildman–Crippen LogP) is 3.13. The molecule has 4 heteroatoms. The van der Waals surface area contributed by atoms with Gasteiger partial charge in [-0.3, -0.25) is 4.79 Å². The fourth-order valence-electron chi connectivity index (χ4n) is 3.51. The molecule has 0 aromatic heterocycles. The zero-order valence-electron chi connectivity index (χ0n) is 14.1. The molecule has 1 aliphatic heterocycles. The van der Waals surface area contributed by atoms with Gasteiger partial charge in [0.15, 0.2) is 0 Å². The van der Waals surface area contributed by atoms with E-state index in [0.717, 1.165) is 51.1 Å². The van der Waals surface area contributed by atoms with Gasteiger partial charge in [0.2, 0.25) is 0 Å². The van der Waals surface area contributed by atoms with Crippen molar-refractivity contribution in [2.45, 2.75) is 51.6 Å². The number of amides is 1. The van der Waals surface area contributed by atoms with E-state index in [0.29, 0.717) is 11.7 Å². The first-order valence-corrected chi connectivity index (χ1v) is 8.90. The third kappa shape index (κ3) is 4.47. The number of hydrogen-bond acceptors (Lipinski definition) is 3. The molecule has 2 fully saturated rings. The molecule has 3 rings (SSSR count). The minimum absolute atomic E-state index is 0.00151. The van der Waals surface area contributed by atoms with Crippen LogP contribution in [0.25, 0.3) is 0 Å². The van der Waals surface area contributed by atoms with Gasteiger partial charge in [-0.25, -0.2) is 0 Å². The van der Waals surface area contributed by atoms with Gasteiger partial charge in [0.1, 0.15) is 5.75 Å². The maximum Gasteiger partial charge on any atom is 0.251 e. The van der Waals surface area contributed by atoms with Crippen LogP contribution in [0.5, 0.6) is 5.75 Å². The molecule has 1 saturated carbocycles. The van der Waals surface area contributed by atoms with Crippen molar-refractivity contribution in [3.63, 3.8) is 0 Å². The fourth-order valence-corrected chi connectivity index (χ4v) is 3.51. The van der Waals surface area contributed by atoms with Crippen LogP contribution >= 0.6 is 0 Å². The molecule has 0 radical (unpaired) electrons. The first-order valence-electron chi connectivity index (χ1n) is 8.90. The Hall–Kier alpha value is -1.55. The molecular weight excluding hydrogens is 288 g/mol. The Morgan fingerprint density at radius 3 is 2.78 bits per heavy atom. The molecule has 0 unspecified atom stereocenters. The maximum atomic E-state index is 12.4. The molecule has 1 aromatic rings. The van der Waals surface area contributed by atoms with Crippen molar-refractivity contribution in [2.75, 3.05) is 19.6 Å². The first kappa shape index (κ1) is 16.3. The SMILES string of the molecule is CC1(CNC(=O)c2cccc(OC3CCCC3)c2)CCNCC1. The van der Waals surface area contributed by atoms with E-state index >= 15 is 0 Å². The van der Waals surface area contributed by atoms with Crippen LogP contribution in [0, 0.1) is 5.41 Å². The third-order valence-electron chi connectivity index (χ3n) is 5.19. The molecule has 0 bridgehead atoms. The molecule has 1 aromatic carbocycles. The van der Waals surface area contributed by atoms with Gasteiger partial charge in [-0.05, 0) is 75.2 Å². The Labute approximate surface area is 139 Å². The quantitative estimate of drug-likeness (QED) is 0.877. The van der Waals surface area contributed by atoms with E-state index in [-0.39, 0.29) is 11.3 Å². The lowest BCUT2D eigenvalue weighted by Crippen LogP contribution is -2.42. The fraction of sp³-hybridized carbons (Fsp3) is 0.632. The zero-order chi connectivity index (χ0) is 16.1. The van der Waals surface area contributed by atoms with Gasteiger partial charge in [0.05, 0.1) is 6.10 Å². The van der Waals surface area contributed by atoms with E-state index in [1.807, 2.05) is 24.3 Å². The summed E-state index contributed by atoms with van der Waals surface area (Å²) >= 11 is 0. The lowest BCUT2D eigenvalue weighted by atomic mass is 9.81. The van der Waals surface area contributed by atoms with Crippen molar-refractivity contribution in [3.05, 3.63) is 29.8 Å². The Bertz CT molecular complexity index is 532. The molecule has 126 valence electrons. The summed E-state index contributed by atoms with van der Waals surface area (Å²) in [5.74, 6) is 0.819. The van der Waals surface area contributed by atoms with Crippen molar-refractivity contribution in [2.24, 2.45) is 5.41 Å². The standard InChI is InChI=1S/C19H28N2O2/c1-19(9-11-20-12-10-19)14-21-18(22)15-5-4-8-17(13-15)23-16-6-2-3-7-16/h4-5,8,13,16,20H,2-3,6-7,9-12,14H2,1H3,(H,21,22). The summed E-state index contributed by atoms with van der Waals surface area (Å²) in [6.45, 7) is 5.07. The number of rotatable bonds is 5. The summed E-state index contributed by atoms with van der Waals surface area (Å²) in [4.78, 5) is 12.4. The van der Waals surface area contributed by atoms with Crippen molar-refractivity contribution >= 4 is 5.91 Å². The lowest BCUT2D eigenvalue weighted by Gasteiger charge is -2.34. The van der Waals surface area contributed by atoms with E-state index in [1.54, 1.807) is 0 Å². The molecule has 4 nitrogen and oxygen atoms in total. The second-order valence-electron chi connectivity index (χ2n) is 7.30. The van der Waals surface area contributed by atoms with Crippen LogP contribution in [0.15, 0.2) is 24.3 Å². The second-order valence-corrected chi connectivity index (χ2v) is 7.30. The minimum Gasteiger partial charge on any atom is -0.490 e. The number of nitrogens with one attached hydrogen (secondary N) is 2. The second kappa shape index (κ2) is 7.35. The van der Waals surface area contributed by atoms with Crippen LogP contribution in [-0.4, -0.2) is 31.6 Å². The van der Waals surface area contributed by atoms with Crippen LogP contribution in [0.4, 0.5) is 0 Å². The molecular formula is C19H28N2O2. The smallest absolute Gasteiger partial charge is 0.251 e. The topological polar surface area (TPSA) is 50.4 Å². The van der Waals surface area contributed by atoms with Crippen molar-refractivity contribution in [1.29, 1.82) is 0 Å². The van der Waals surface area contributed by atoms with Crippen LogP contribution in [0.2, 0.25) is 0 Å². The predicted molar refractivity (Wildman–Crippen MR) is 91.9 cm³/mol. The molecule has 2 N–H and O–H groups in total. The largest absolute Gasteiger partial charge is 0.490 e. The number of benzene rings is 1. The number of carbonyl (C=O) groups is 1. The molecule has 1 heterocycles. The Balaban J connectivity index is 1.56. The van der Waals surface area contributed by atoms with Gasteiger partial charge in [-0.1, -0.05) is 13.0 Å². The highest BCUT2D eigenvalue weighted by Crippen LogP contribution is 2.27. The molecule has 0 spiro atoms. The molecule has 0 atom stereocenters. The molecule has 1 amide bonds. The van der Waals surface area contributed by atoms with E-state index in [1.165, 1.54) is 12.8 Å². The number of hydrogen-bond donors (Lipinski definition) is 2. The van der Waals surface area contributed by atoms with E-state index < -0.39 is 0 Å². The average molecular weight is 316 g/mol. The van der Waals surface area contributed by atoms with Crippen LogP contribution in [0.1, 0.15) is 55.8 Å². The van der Waals surface area contributed by atoms with Crippen molar-refractivity contribution in [3.8, 4) is 5.75 Å². The number of piperidine rings is 1. The summed E-state index contributed by atoms with van der Waals surface area (Å²) in [5.41, 5.74) is 0.900. The summed E-state index contributed by atoms with van der Waals surface area (Å²) in [6.07, 6.45) is 7.29. The van der Waals surface area contributed by atoms with Gasteiger partial charge < -0.3 is 15.4 Å². The van der Waals surface area contributed by atoms with Gasteiger partial charge >= 0.3 is 0 Å². The highest BCUT2D eigenvalue weighted by Gasteiger charge is 2.27. The third-order valence-corrected chi connectivity index (χ3v) is 5.19. The summed E-state index contributed by atoms with van der Waals surface area (Å²) < 4.78 is 5.99. The first-order chi connectivity index (χ1) is 11.1. The lowest BCUT2D eigenvalue weighted by molar-refractivity contribution is 0.0921. The summed E-state index contributed by atoms with van der Waals surface area (Å²) in [7, 11) is 0. The highest BCUT2D eigenvalue weighted by molar-refractivity contribution is 5.94. The number of ether oxygens (including phenoxy) is 1. The maximum absolute atomic E-state index is 12.4. The van der Waals surface area contributed by atoms with Crippen LogP contribution < -0.4 is 15.4 Å². The van der Waals surface area contributed by atoms with Crippen molar-refractivity contribution < 1.29 is 9.53 Å². The van der Waals surface area contributed by atoms with Gasteiger partial charge in [0, 0.05) is 12.1 Å². The minimum atomic E-state index is 0.00151. The van der Waals surface area contributed by atoms with E-state index in [4.69, 9.17) is 4.74 Å². The molecule has 2 aliphatic rings. The molecule has 23 heavy (non-hydrogen) atoms. The van der Waals surface area contributed by atoms with E-state index in [9.17, 15) is 4.79 Å². The molecule has 1 aliphatic carbocycles. The summed E-state index contributed by atoms with van der Waals surface area (Å²) in [6, 6.07) is 7.59. The van der Waals surface area contributed by atoms with Crippen molar-refractivity contribution in [1.82, 2.24) is 10.6 Å². The van der Waals surface area contributed by atoms with Gasteiger partial charge in [-0.15, -0.1) is 0 Å². The normalized spacial score (nSPS) is 21.1. The van der Waals surface area contributed by atoms with Crippen LogP contribution in [-0.2, 0) is 0 Å². The highest BCUT2D eigenvalue weighted by atomic mass is 16.5. The molecule has 1 saturated heterocycles. The van der Waals surface area contributed by atoms with Crippen LogP contribution in [0.3, 0.4) is 0 Å². The number of carbonyl (C=O) groups excluding carboxylic acids is 1. The van der Waals surface area contributed by atoms with E-state index in [2.05, 4.69) is 17.6 Å². The van der Waals surface area contributed by atoms with Gasteiger partial charge in [-0.2, -0.15) is 0 Å². The van der Waals surface area contributed by atoms with Gasteiger partial charge in [0.25, 0.3) is 5.91 Å². The summed E-state index contributed by atoms with van der Waals surface area (Å²) in [5, 5.41) is 6.48. The average Bonchev–Trinajstić information content (AvgIpc) is 3.07.